The van der Waals surface area contributed by atoms with E-state index in [4.69, 9.17) is 23.2 Å². The van der Waals surface area contributed by atoms with Crippen LogP contribution in [0.25, 0.3) is 17.5 Å². The van der Waals surface area contributed by atoms with Crippen LogP contribution in [-0.4, -0.2) is 26.1 Å². The summed E-state index contributed by atoms with van der Waals surface area (Å²) in [6.45, 7) is 0. The zero-order valence-electron chi connectivity index (χ0n) is 13.1. The fourth-order valence-electron chi connectivity index (χ4n) is 2.16. The molecule has 8 heteroatoms. The molecule has 1 amide bonds. The maximum Gasteiger partial charge on any atom is 0.248 e. The number of hydrogen-bond donors (Lipinski definition) is 1. The Morgan fingerprint density at radius 2 is 1.92 bits per heavy atom. The first-order valence-corrected chi connectivity index (χ1v) is 8.05. The Morgan fingerprint density at radius 3 is 2.56 bits per heavy atom. The second-order valence-corrected chi connectivity index (χ2v) is 6.04. The van der Waals surface area contributed by atoms with Gasteiger partial charge in [0.05, 0.1) is 0 Å². The van der Waals surface area contributed by atoms with Crippen LogP contribution in [0.2, 0.25) is 10.0 Å². The van der Waals surface area contributed by atoms with Crippen molar-refractivity contribution < 1.29 is 4.79 Å². The molecule has 0 atom stereocenters. The molecular weight excluding hydrogens is 361 g/mol. The van der Waals surface area contributed by atoms with Gasteiger partial charge in [-0.1, -0.05) is 29.3 Å². The fraction of sp³-hybridized carbons (Fsp3) is 0.0588. The van der Waals surface area contributed by atoms with E-state index in [1.165, 1.54) is 6.08 Å². The lowest BCUT2D eigenvalue weighted by molar-refractivity contribution is -0.111. The molecule has 25 heavy (non-hydrogen) atoms. The average molecular weight is 374 g/mol. The highest BCUT2D eigenvalue weighted by atomic mass is 35.5. The lowest BCUT2D eigenvalue weighted by Gasteiger charge is -2.04. The van der Waals surface area contributed by atoms with Gasteiger partial charge in [-0.25, -0.2) is 4.68 Å². The number of carbonyl (C=O) groups is 1. The highest BCUT2D eigenvalue weighted by Crippen LogP contribution is 2.22. The van der Waals surface area contributed by atoms with Crippen LogP contribution in [0.5, 0.6) is 0 Å². The lowest BCUT2D eigenvalue weighted by Crippen LogP contribution is -2.07. The molecule has 3 aromatic rings. The largest absolute Gasteiger partial charge is 0.323 e. The molecule has 6 nitrogen and oxygen atoms in total. The van der Waals surface area contributed by atoms with E-state index in [0.29, 0.717) is 27.1 Å². The average Bonchev–Trinajstić information content (AvgIpc) is 3.01. The van der Waals surface area contributed by atoms with Crippen LogP contribution in [-0.2, 0) is 11.8 Å². The smallest absolute Gasteiger partial charge is 0.248 e. The molecule has 126 valence electrons. The van der Waals surface area contributed by atoms with E-state index < -0.39 is 0 Å². The number of halogens is 2. The van der Waals surface area contributed by atoms with Crippen molar-refractivity contribution in [3.63, 3.8) is 0 Å². The second kappa shape index (κ2) is 7.46. The van der Waals surface area contributed by atoms with Crippen molar-refractivity contribution in [3.8, 4) is 11.4 Å². The van der Waals surface area contributed by atoms with E-state index in [1.54, 1.807) is 48.1 Å². The Morgan fingerprint density at radius 1 is 1.16 bits per heavy atom. The van der Waals surface area contributed by atoms with E-state index in [1.807, 2.05) is 12.1 Å². The van der Waals surface area contributed by atoms with Crippen LogP contribution >= 0.6 is 23.2 Å². The third kappa shape index (κ3) is 4.23. The highest BCUT2D eigenvalue weighted by Gasteiger charge is 2.06. The van der Waals surface area contributed by atoms with Gasteiger partial charge in [0.25, 0.3) is 0 Å². The van der Waals surface area contributed by atoms with Gasteiger partial charge in [-0.3, -0.25) is 4.79 Å². The van der Waals surface area contributed by atoms with E-state index in [-0.39, 0.29) is 5.91 Å². The minimum atomic E-state index is -0.265. The monoisotopic (exact) mass is 373 g/mol. The number of amides is 1. The number of nitrogens with zero attached hydrogens (tertiary/aromatic N) is 4. The molecule has 0 unspecified atom stereocenters. The molecule has 1 N–H and O–H groups in total. The molecule has 1 aromatic heterocycles. The molecule has 0 saturated heterocycles. The Balaban J connectivity index is 1.67. The number of aromatic nitrogens is 4. The van der Waals surface area contributed by atoms with Crippen LogP contribution in [0.3, 0.4) is 0 Å². The number of hydrogen-bond acceptors (Lipinski definition) is 4. The van der Waals surface area contributed by atoms with Gasteiger partial charge < -0.3 is 5.32 Å². The van der Waals surface area contributed by atoms with E-state index in [2.05, 4.69) is 20.8 Å². The zero-order chi connectivity index (χ0) is 17.8. The van der Waals surface area contributed by atoms with Crippen molar-refractivity contribution >= 4 is 40.9 Å². The molecule has 0 aliphatic rings. The molecule has 0 aliphatic carbocycles. The van der Waals surface area contributed by atoms with Gasteiger partial charge in [-0.05, 0) is 58.5 Å². The van der Waals surface area contributed by atoms with Gasteiger partial charge in [0.15, 0.2) is 5.82 Å². The number of carbonyl (C=O) groups excluding carboxylic acids is 1. The number of aryl methyl sites for hydroxylation is 1. The first-order chi connectivity index (χ1) is 12.0. The summed E-state index contributed by atoms with van der Waals surface area (Å²) in [6.07, 6.45) is 3.04. The van der Waals surface area contributed by atoms with Crippen LogP contribution in [0.1, 0.15) is 5.56 Å². The third-order valence-electron chi connectivity index (χ3n) is 3.41. The molecule has 0 spiro atoms. The minimum Gasteiger partial charge on any atom is -0.323 e. The molecule has 0 saturated carbocycles. The number of rotatable bonds is 4. The SMILES string of the molecule is Cn1nnnc1-c1ccc(NC(=O)/C=C/c2ccc(Cl)cc2Cl)cc1. The van der Waals surface area contributed by atoms with Gasteiger partial charge in [-0.2, -0.15) is 0 Å². The molecule has 0 radical (unpaired) electrons. The second-order valence-electron chi connectivity index (χ2n) is 5.19. The maximum absolute atomic E-state index is 12.0. The molecule has 1 heterocycles. The first kappa shape index (κ1) is 17.1. The van der Waals surface area contributed by atoms with Crippen molar-refractivity contribution in [1.82, 2.24) is 20.2 Å². The molecule has 0 fully saturated rings. The van der Waals surface area contributed by atoms with Crippen LogP contribution in [0.4, 0.5) is 5.69 Å². The highest BCUT2D eigenvalue weighted by molar-refractivity contribution is 6.35. The van der Waals surface area contributed by atoms with Crippen LogP contribution in [0, 0.1) is 0 Å². The molecule has 0 bridgehead atoms. The molecular formula is C17H13Cl2N5O. The predicted molar refractivity (Wildman–Crippen MR) is 98.4 cm³/mol. The summed E-state index contributed by atoms with van der Waals surface area (Å²) >= 11 is 11.9. The van der Waals surface area contributed by atoms with Crippen LogP contribution < -0.4 is 5.32 Å². The summed E-state index contributed by atoms with van der Waals surface area (Å²) in [6, 6.07) is 12.3. The molecule has 2 aromatic carbocycles. The summed E-state index contributed by atoms with van der Waals surface area (Å²) in [4.78, 5) is 12.0. The fourth-order valence-corrected chi connectivity index (χ4v) is 2.63. The Hall–Kier alpha value is -2.70. The minimum absolute atomic E-state index is 0.265. The Labute approximate surface area is 154 Å². The van der Waals surface area contributed by atoms with E-state index in [9.17, 15) is 4.79 Å². The van der Waals surface area contributed by atoms with Crippen molar-refractivity contribution in [1.29, 1.82) is 0 Å². The number of nitrogens with one attached hydrogen (secondary N) is 1. The summed E-state index contributed by atoms with van der Waals surface area (Å²) in [5, 5.41) is 15.1. The zero-order valence-corrected chi connectivity index (χ0v) is 14.7. The maximum atomic E-state index is 12.0. The normalized spacial score (nSPS) is 11.0. The van der Waals surface area contributed by atoms with E-state index in [0.717, 1.165) is 5.56 Å². The molecule has 3 rings (SSSR count). The van der Waals surface area contributed by atoms with Crippen LogP contribution in [0.15, 0.2) is 48.5 Å². The van der Waals surface area contributed by atoms with E-state index >= 15 is 0 Å². The van der Waals surface area contributed by atoms with Crippen molar-refractivity contribution in [2.45, 2.75) is 0 Å². The van der Waals surface area contributed by atoms with Gasteiger partial charge >= 0.3 is 0 Å². The van der Waals surface area contributed by atoms with Crippen molar-refractivity contribution in [2.24, 2.45) is 7.05 Å². The quantitative estimate of drug-likeness (QED) is 0.705. The number of anilines is 1. The topological polar surface area (TPSA) is 72.7 Å². The summed E-state index contributed by atoms with van der Waals surface area (Å²) in [5.74, 6) is 0.384. The standard InChI is InChI=1S/C17H13Cl2N5O/c1-24-17(21-22-23-24)12-3-7-14(8-4-12)20-16(25)9-5-11-2-6-13(18)10-15(11)19/h2-10H,1H3,(H,20,25)/b9-5+. The Kier molecular flexibility index (Phi) is 5.11. The van der Waals surface area contributed by atoms with Crippen molar-refractivity contribution in [3.05, 3.63) is 64.1 Å². The lowest BCUT2D eigenvalue weighted by atomic mass is 10.2. The third-order valence-corrected chi connectivity index (χ3v) is 3.97. The molecule has 0 aliphatic heterocycles. The van der Waals surface area contributed by atoms with Gasteiger partial charge in [0.2, 0.25) is 5.91 Å². The summed E-state index contributed by atoms with van der Waals surface area (Å²) in [7, 11) is 1.76. The Bertz CT molecular complexity index is 934. The van der Waals surface area contributed by atoms with Crippen molar-refractivity contribution in [2.75, 3.05) is 5.32 Å². The number of benzene rings is 2. The summed E-state index contributed by atoms with van der Waals surface area (Å²) < 4.78 is 1.58. The number of tetrazole rings is 1. The van der Waals surface area contributed by atoms with Gasteiger partial charge in [0.1, 0.15) is 0 Å². The van der Waals surface area contributed by atoms with Gasteiger partial charge in [-0.15, -0.1) is 5.10 Å². The summed E-state index contributed by atoms with van der Waals surface area (Å²) in [5.41, 5.74) is 2.23. The predicted octanol–water partition coefficient (Wildman–Crippen LogP) is 3.84. The first-order valence-electron chi connectivity index (χ1n) is 7.30. The van der Waals surface area contributed by atoms with Gasteiger partial charge in [0, 0.05) is 34.4 Å².